The fraction of sp³-hybridized carbons (Fsp3) is 0.308. The Bertz CT molecular complexity index is 780. The fourth-order valence-corrected chi connectivity index (χ4v) is 3.63. The van der Waals surface area contributed by atoms with Crippen molar-refractivity contribution in [2.45, 2.75) is 11.4 Å². The Morgan fingerprint density at radius 2 is 2.29 bits per heavy atom. The smallest absolute Gasteiger partial charge is 0.246 e. The van der Waals surface area contributed by atoms with Gasteiger partial charge in [-0.25, -0.2) is 8.42 Å². The molecular weight excluding hydrogens is 308 g/mol. The van der Waals surface area contributed by atoms with Gasteiger partial charge in [-0.2, -0.15) is 9.40 Å². The molecule has 21 heavy (non-hydrogen) atoms. The minimum absolute atomic E-state index is 0.186. The number of hydrogen-bond acceptors (Lipinski definition) is 5. The maximum atomic E-state index is 12.4. The van der Waals surface area contributed by atoms with Gasteiger partial charge in [0.2, 0.25) is 10.0 Å². The molecule has 0 saturated heterocycles. The molecule has 0 bridgehead atoms. The lowest BCUT2D eigenvalue weighted by Gasteiger charge is -2.14. The van der Waals surface area contributed by atoms with Gasteiger partial charge in [-0.1, -0.05) is 11.8 Å². The maximum absolute atomic E-state index is 12.4. The third kappa shape index (κ3) is 3.71. The van der Waals surface area contributed by atoms with Crippen LogP contribution in [0, 0.1) is 11.8 Å². The van der Waals surface area contributed by atoms with Gasteiger partial charge in [0.1, 0.15) is 4.90 Å². The highest BCUT2D eigenvalue weighted by Crippen LogP contribution is 2.19. The zero-order valence-corrected chi connectivity index (χ0v) is 13.4. The predicted octanol–water partition coefficient (Wildman–Crippen LogP) is 0.612. The summed E-state index contributed by atoms with van der Waals surface area (Å²) in [5.74, 6) is 5.71. The first-order valence-electron chi connectivity index (χ1n) is 6.15. The highest BCUT2D eigenvalue weighted by Gasteiger charge is 2.22. The number of nitrogens with zero attached hydrogens (tertiary/aromatic N) is 3. The van der Waals surface area contributed by atoms with E-state index in [0.717, 1.165) is 10.4 Å². The molecule has 0 spiro atoms. The summed E-state index contributed by atoms with van der Waals surface area (Å²) in [5.41, 5.74) is 6.22. The van der Waals surface area contributed by atoms with E-state index < -0.39 is 10.0 Å². The second-order valence-corrected chi connectivity index (χ2v) is 7.39. The van der Waals surface area contributed by atoms with Crippen molar-refractivity contribution < 1.29 is 8.42 Å². The number of sulfonamides is 1. The molecule has 0 fully saturated rings. The molecule has 0 aliphatic rings. The van der Waals surface area contributed by atoms with Gasteiger partial charge in [-0.3, -0.25) is 4.68 Å². The molecule has 2 heterocycles. The predicted molar refractivity (Wildman–Crippen MR) is 82.1 cm³/mol. The maximum Gasteiger partial charge on any atom is 0.246 e. The molecule has 0 unspecified atom stereocenters. The average molecular weight is 324 g/mol. The largest absolute Gasteiger partial charge is 0.320 e. The fourth-order valence-electron chi connectivity index (χ4n) is 1.72. The highest BCUT2D eigenvalue weighted by atomic mass is 32.2. The van der Waals surface area contributed by atoms with Gasteiger partial charge in [-0.05, 0) is 17.0 Å². The first kappa shape index (κ1) is 15.7. The Kier molecular flexibility index (Phi) is 4.80. The summed E-state index contributed by atoms with van der Waals surface area (Å²) in [5, 5.41) is 5.79. The van der Waals surface area contributed by atoms with Crippen LogP contribution in [0.3, 0.4) is 0 Å². The lowest BCUT2D eigenvalue weighted by atomic mass is 10.3. The number of nitrogens with two attached hydrogens (primary N) is 1. The Labute approximate surface area is 128 Å². The summed E-state index contributed by atoms with van der Waals surface area (Å²) in [6.45, 7) is 0.598. The average Bonchev–Trinajstić information content (AvgIpc) is 3.05. The van der Waals surface area contributed by atoms with Crippen molar-refractivity contribution in [3.8, 4) is 11.8 Å². The van der Waals surface area contributed by atoms with E-state index in [1.807, 2.05) is 11.4 Å². The Hall–Kier alpha value is -1.66. The van der Waals surface area contributed by atoms with Gasteiger partial charge >= 0.3 is 0 Å². The zero-order valence-electron chi connectivity index (χ0n) is 11.8. The summed E-state index contributed by atoms with van der Waals surface area (Å²) in [7, 11) is -0.298. The molecule has 8 heteroatoms. The minimum atomic E-state index is -3.53. The first-order valence-corrected chi connectivity index (χ1v) is 8.47. The van der Waals surface area contributed by atoms with Crippen molar-refractivity contribution in [1.82, 2.24) is 14.1 Å². The second-order valence-electron chi connectivity index (χ2n) is 4.44. The van der Waals surface area contributed by atoms with E-state index >= 15 is 0 Å². The number of rotatable bonds is 4. The second kappa shape index (κ2) is 6.41. The van der Waals surface area contributed by atoms with E-state index in [-0.39, 0.29) is 11.4 Å². The van der Waals surface area contributed by atoms with Gasteiger partial charge in [-0.15, -0.1) is 11.3 Å². The van der Waals surface area contributed by atoms with Crippen LogP contribution >= 0.6 is 11.3 Å². The van der Waals surface area contributed by atoms with Crippen LogP contribution in [0.1, 0.15) is 10.4 Å². The number of hydrogen-bond donors (Lipinski definition) is 1. The lowest BCUT2D eigenvalue weighted by molar-refractivity contribution is 0.467. The van der Waals surface area contributed by atoms with Gasteiger partial charge in [0, 0.05) is 26.8 Å². The minimum Gasteiger partial charge on any atom is -0.320 e. The Balaban J connectivity index is 2.14. The molecule has 0 aliphatic heterocycles. The number of aryl methyl sites for hydroxylation is 1. The van der Waals surface area contributed by atoms with E-state index in [2.05, 4.69) is 16.9 Å². The van der Waals surface area contributed by atoms with Crippen molar-refractivity contribution in [3.05, 3.63) is 34.3 Å². The summed E-state index contributed by atoms with van der Waals surface area (Å²) in [6, 6.07) is 1.88. The molecule has 2 N–H and O–H groups in total. The third-order valence-corrected chi connectivity index (χ3v) is 5.41. The monoisotopic (exact) mass is 324 g/mol. The molecule has 0 radical (unpaired) electrons. The van der Waals surface area contributed by atoms with E-state index in [4.69, 9.17) is 5.73 Å². The van der Waals surface area contributed by atoms with Crippen molar-refractivity contribution in [3.63, 3.8) is 0 Å². The topological polar surface area (TPSA) is 81.2 Å². The van der Waals surface area contributed by atoms with Crippen LogP contribution in [0.5, 0.6) is 0 Å². The molecule has 0 atom stereocenters. The standard InChI is InChI=1S/C13H16N4O2S2/c1-16-9-13(7-15-16)21(18,19)17(2)8-11-6-12(20-10-11)4-3-5-14/h6-7,9-10H,5,8,14H2,1-2H3. The number of thiophene rings is 1. The van der Waals surface area contributed by atoms with Crippen LogP contribution in [-0.2, 0) is 23.6 Å². The molecule has 0 amide bonds. The quantitative estimate of drug-likeness (QED) is 0.836. The van der Waals surface area contributed by atoms with Crippen LogP contribution in [-0.4, -0.2) is 36.1 Å². The van der Waals surface area contributed by atoms with E-state index in [0.29, 0.717) is 6.54 Å². The molecule has 6 nitrogen and oxygen atoms in total. The van der Waals surface area contributed by atoms with Gasteiger partial charge in [0.15, 0.2) is 0 Å². The van der Waals surface area contributed by atoms with E-state index in [1.165, 1.54) is 32.7 Å². The van der Waals surface area contributed by atoms with Crippen LogP contribution in [0.4, 0.5) is 0 Å². The Morgan fingerprint density at radius 1 is 1.52 bits per heavy atom. The zero-order chi connectivity index (χ0) is 15.5. The van der Waals surface area contributed by atoms with Crippen LogP contribution in [0.2, 0.25) is 0 Å². The lowest BCUT2D eigenvalue weighted by Crippen LogP contribution is -2.26. The van der Waals surface area contributed by atoms with E-state index in [9.17, 15) is 8.42 Å². The molecule has 112 valence electrons. The van der Waals surface area contributed by atoms with Crippen LogP contribution in [0.25, 0.3) is 0 Å². The molecule has 2 rings (SSSR count). The number of aromatic nitrogens is 2. The molecular formula is C13H16N4O2S2. The van der Waals surface area contributed by atoms with Crippen LogP contribution in [0.15, 0.2) is 28.7 Å². The SMILES string of the molecule is CN(Cc1csc(C#CCN)c1)S(=O)(=O)c1cnn(C)c1. The summed E-state index contributed by atoms with van der Waals surface area (Å²) < 4.78 is 27.5. The van der Waals surface area contributed by atoms with Crippen LogP contribution < -0.4 is 5.73 Å². The van der Waals surface area contributed by atoms with Crippen molar-refractivity contribution in [2.24, 2.45) is 12.8 Å². The van der Waals surface area contributed by atoms with Gasteiger partial charge in [0.05, 0.1) is 17.6 Å². The van der Waals surface area contributed by atoms with Gasteiger partial charge in [0.25, 0.3) is 0 Å². The summed E-state index contributed by atoms with van der Waals surface area (Å²) in [6.07, 6.45) is 2.83. The normalized spacial score (nSPS) is 11.4. The summed E-state index contributed by atoms with van der Waals surface area (Å²) in [4.78, 5) is 1.06. The molecule has 2 aromatic rings. The summed E-state index contributed by atoms with van der Waals surface area (Å²) >= 11 is 1.47. The first-order chi connectivity index (χ1) is 9.93. The third-order valence-electron chi connectivity index (χ3n) is 2.76. The highest BCUT2D eigenvalue weighted by molar-refractivity contribution is 7.89. The Morgan fingerprint density at radius 3 is 2.90 bits per heavy atom. The van der Waals surface area contributed by atoms with Crippen molar-refractivity contribution >= 4 is 21.4 Å². The molecule has 0 saturated carbocycles. The molecule has 2 aromatic heterocycles. The molecule has 0 aromatic carbocycles. The van der Waals surface area contributed by atoms with Gasteiger partial charge < -0.3 is 5.73 Å². The van der Waals surface area contributed by atoms with Crippen molar-refractivity contribution in [2.75, 3.05) is 13.6 Å². The molecule has 0 aliphatic carbocycles. The van der Waals surface area contributed by atoms with E-state index in [1.54, 1.807) is 14.1 Å². The van der Waals surface area contributed by atoms with Crippen molar-refractivity contribution in [1.29, 1.82) is 0 Å².